The molecule has 0 aliphatic rings. The molecule has 4 nitrogen and oxygen atoms in total. The van der Waals surface area contributed by atoms with E-state index in [9.17, 15) is 4.79 Å². The van der Waals surface area contributed by atoms with Crippen LogP contribution in [0.15, 0.2) is 18.2 Å². The summed E-state index contributed by atoms with van der Waals surface area (Å²) in [6, 6.07) is 5.62. The fourth-order valence-corrected chi connectivity index (χ4v) is 1.40. The Morgan fingerprint density at radius 3 is 2.59 bits per heavy atom. The molecule has 0 saturated carbocycles. The smallest absolute Gasteiger partial charge is 0.260 e. The zero-order chi connectivity index (χ0) is 13.0. The van der Waals surface area contributed by atoms with Gasteiger partial charge in [0.25, 0.3) is 5.91 Å². The van der Waals surface area contributed by atoms with Gasteiger partial charge in [0.2, 0.25) is 0 Å². The van der Waals surface area contributed by atoms with Gasteiger partial charge in [0.15, 0.2) is 6.10 Å². The van der Waals surface area contributed by atoms with E-state index < -0.39 is 6.10 Å². The molecule has 0 fully saturated rings. The molecule has 1 aromatic rings. The Balaban J connectivity index is 2.71. The molecule has 4 heteroatoms. The van der Waals surface area contributed by atoms with Crippen molar-refractivity contribution in [2.24, 2.45) is 0 Å². The molecular weight excluding hydrogens is 216 g/mol. The SMILES string of the molecule is Cc1cccc(OC(C)C(=O)NC(C)C)c1N. The monoisotopic (exact) mass is 236 g/mol. The van der Waals surface area contributed by atoms with Gasteiger partial charge in [-0.15, -0.1) is 0 Å². The summed E-state index contributed by atoms with van der Waals surface area (Å²) in [6.45, 7) is 7.43. The van der Waals surface area contributed by atoms with Gasteiger partial charge in [0.05, 0.1) is 5.69 Å². The fourth-order valence-electron chi connectivity index (χ4n) is 1.40. The Hall–Kier alpha value is -1.71. The molecule has 94 valence electrons. The number of carbonyl (C=O) groups excluding carboxylic acids is 1. The Morgan fingerprint density at radius 1 is 1.35 bits per heavy atom. The van der Waals surface area contributed by atoms with Gasteiger partial charge in [-0.05, 0) is 39.3 Å². The molecule has 1 rings (SSSR count). The fraction of sp³-hybridized carbons (Fsp3) is 0.462. The molecule has 0 aliphatic carbocycles. The topological polar surface area (TPSA) is 64.3 Å². The standard InChI is InChI=1S/C13H20N2O2/c1-8(2)15-13(16)10(4)17-11-7-5-6-9(3)12(11)14/h5-8,10H,14H2,1-4H3,(H,15,16). The van der Waals surface area contributed by atoms with Crippen LogP contribution < -0.4 is 15.8 Å². The predicted octanol–water partition coefficient (Wildman–Crippen LogP) is 1.87. The predicted molar refractivity (Wildman–Crippen MR) is 69.0 cm³/mol. The highest BCUT2D eigenvalue weighted by Gasteiger charge is 2.16. The third-order valence-electron chi connectivity index (χ3n) is 2.39. The van der Waals surface area contributed by atoms with Crippen LogP contribution in [-0.2, 0) is 4.79 Å². The number of benzene rings is 1. The molecule has 3 N–H and O–H groups in total. The Morgan fingerprint density at radius 2 is 2.00 bits per heavy atom. The lowest BCUT2D eigenvalue weighted by Crippen LogP contribution is -2.40. The number of aryl methyl sites for hydroxylation is 1. The van der Waals surface area contributed by atoms with Crippen LogP contribution in [0, 0.1) is 6.92 Å². The molecule has 1 aromatic carbocycles. The summed E-state index contributed by atoms with van der Waals surface area (Å²) in [5.74, 6) is 0.414. The van der Waals surface area contributed by atoms with Gasteiger partial charge in [-0.1, -0.05) is 12.1 Å². The highest BCUT2D eigenvalue weighted by molar-refractivity contribution is 5.81. The van der Waals surface area contributed by atoms with Crippen molar-refractivity contribution in [3.05, 3.63) is 23.8 Å². The minimum atomic E-state index is -0.554. The van der Waals surface area contributed by atoms with E-state index in [4.69, 9.17) is 10.5 Å². The van der Waals surface area contributed by atoms with Gasteiger partial charge in [-0.2, -0.15) is 0 Å². The minimum Gasteiger partial charge on any atom is -0.479 e. The zero-order valence-electron chi connectivity index (χ0n) is 10.8. The van der Waals surface area contributed by atoms with Crippen LogP contribution in [0.1, 0.15) is 26.3 Å². The minimum absolute atomic E-state index is 0.100. The second-order valence-corrected chi connectivity index (χ2v) is 4.41. The number of anilines is 1. The number of rotatable bonds is 4. The molecule has 1 atom stereocenters. The maximum Gasteiger partial charge on any atom is 0.260 e. The number of nitrogens with two attached hydrogens (primary N) is 1. The van der Waals surface area contributed by atoms with Gasteiger partial charge in [0, 0.05) is 6.04 Å². The highest BCUT2D eigenvalue weighted by Crippen LogP contribution is 2.25. The maximum atomic E-state index is 11.7. The van der Waals surface area contributed by atoms with E-state index in [1.807, 2.05) is 32.9 Å². The molecule has 0 saturated heterocycles. The molecule has 1 unspecified atom stereocenters. The van der Waals surface area contributed by atoms with Gasteiger partial charge in [-0.25, -0.2) is 0 Å². The summed E-state index contributed by atoms with van der Waals surface area (Å²) in [5, 5.41) is 2.79. The van der Waals surface area contributed by atoms with Gasteiger partial charge in [0.1, 0.15) is 5.75 Å². The van der Waals surface area contributed by atoms with Crippen molar-refractivity contribution in [1.29, 1.82) is 0 Å². The first-order chi connectivity index (χ1) is 7.91. The molecule has 17 heavy (non-hydrogen) atoms. The van der Waals surface area contributed by atoms with Gasteiger partial charge in [-0.3, -0.25) is 4.79 Å². The van der Waals surface area contributed by atoms with Gasteiger partial charge < -0.3 is 15.8 Å². The Bertz CT molecular complexity index is 402. The molecule has 0 bridgehead atoms. The molecule has 0 radical (unpaired) electrons. The zero-order valence-corrected chi connectivity index (χ0v) is 10.8. The van der Waals surface area contributed by atoms with E-state index in [2.05, 4.69) is 5.32 Å². The summed E-state index contributed by atoms with van der Waals surface area (Å²) in [7, 11) is 0. The lowest BCUT2D eigenvalue weighted by Gasteiger charge is -2.18. The average Bonchev–Trinajstić information content (AvgIpc) is 2.23. The van der Waals surface area contributed by atoms with E-state index >= 15 is 0 Å². The quantitative estimate of drug-likeness (QED) is 0.784. The number of amides is 1. The van der Waals surface area contributed by atoms with E-state index in [0.29, 0.717) is 11.4 Å². The first kappa shape index (κ1) is 13.4. The average molecular weight is 236 g/mol. The van der Waals surface area contributed by atoms with Crippen molar-refractivity contribution < 1.29 is 9.53 Å². The van der Waals surface area contributed by atoms with Gasteiger partial charge >= 0.3 is 0 Å². The van der Waals surface area contributed by atoms with E-state index in [0.717, 1.165) is 5.56 Å². The number of nitrogens with one attached hydrogen (secondary N) is 1. The van der Waals surface area contributed by atoms with Crippen molar-refractivity contribution in [1.82, 2.24) is 5.32 Å². The first-order valence-corrected chi connectivity index (χ1v) is 5.74. The van der Waals surface area contributed by atoms with Crippen LogP contribution in [0.25, 0.3) is 0 Å². The normalized spacial score (nSPS) is 12.3. The first-order valence-electron chi connectivity index (χ1n) is 5.74. The van der Waals surface area contributed by atoms with E-state index in [1.54, 1.807) is 13.0 Å². The second-order valence-electron chi connectivity index (χ2n) is 4.41. The lowest BCUT2D eigenvalue weighted by atomic mass is 10.2. The van der Waals surface area contributed by atoms with E-state index in [1.165, 1.54) is 0 Å². The van der Waals surface area contributed by atoms with Crippen molar-refractivity contribution >= 4 is 11.6 Å². The summed E-state index contributed by atoms with van der Waals surface area (Å²) >= 11 is 0. The van der Waals surface area contributed by atoms with Crippen LogP contribution >= 0.6 is 0 Å². The summed E-state index contributed by atoms with van der Waals surface area (Å²) in [6.07, 6.45) is -0.554. The Kier molecular flexibility index (Phi) is 4.37. The third kappa shape index (κ3) is 3.66. The number of hydrogen-bond donors (Lipinski definition) is 2. The number of para-hydroxylation sites is 1. The summed E-state index contributed by atoms with van der Waals surface area (Å²) < 4.78 is 5.55. The molecule has 0 aliphatic heterocycles. The molecular formula is C13H20N2O2. The number of ether oxygens (including phenoxy) is 1. The highest BCUT2D eigenvalue weighted by atomic mass is 16.5. The van der Waals surface area contributed by atoms with Crippen molar-refractivity contribution in [2.45, 2.75) is 39.8 Å². The third-order valence-corrected chi connectivity index (χ3v) is 2.39. The Labute approximate surface area is 102 Å². The van der Waals surface area contributed by atoms with E-state index in [-0.39, 0.29) is 11.9 Å². The summed E-state index contributed by atoms with van der Waals surface area (Å²) in [5.41, 5.74) is 7.40. The van der Waals surface area contributed by atoms with Crippen molar-refractivity contribution in [3.8, 4) is 5.75 Å². The van der Waals surface area contributed by atoms with Crippen molar-refractivity contribution in [2.75, 3.05) is 5.73 Å². The molecule has 0 aromatic heterocycles. The van der Waals surface area contributed by atoms with Crippen LogP contribution in [0.5, 0.6) is 5.75 Å². The molecule has 1 amide bonds. The second kappa shape index (κ2) is 5.57. The molecule has 0 heterocycles. The van der Waals surface area contributed by atoms with Crippen LogP contribution in [0.2, 0.25) is 0 Å². The lowest BCUT2D eigenvalue weighted by molar-refractivity contribution is -0.127. The van der Waals surface area contributed by atoms with Crippen LogP contribution in [-0.4, -0.2) is 18.1 Å². The largest absolute Gasteiger partial charge is 0.479 e. The van der Waals surface area contributed by atoms with Crippen LogP contribution in [0.4, 0.5) is 5.69 Å². The van der Waals surface area contributed by atoms with Crippen LogP contribution in [0.3, 0.4) is 0 Å². The number of hydrogen-bond acceptors (Lipinski definition) is 3. The van der Waals surface area contributed by atoms with Crippen molar-refractivity contribution in [3.63, 3.8) is 0 Å². The molecule has 0 spiro atoms. The maximum absolute atomic E-state index is 11.7. The summed E-state index contributed by atoms with van der Waals surface area (Å²) in [4.78, 5) is 11.7. The number of carbonyl (C=O) groups is 1. The number of nitrogen functional groups attached to an aromatic ring is 1.